The first kappa shape index (κ1) is 16.9. The summed E-state index contributed by atoms with van der Waals surface area (Å²) in [6.07, 6.45) is 7.48. The van der Waals surface area contributed by atoms with Crippen molar-refractivity contribution in [2.24, 2.45) is 0 Å². The van der Waals surface area contributed by atoms with Crippen LogP contribution in [0.3, 0.4) is 0 Å². The molecule has 1 aliphatic rings. The zero-order valence-corrected chi connectivity index (χ0v) is 14.2. The Morgan fingerprint density at radius 3 is 2.72 bits per heavy atom. The highest BCUT2D eigenvalue weighted by Crippen LogP contribution is 2.45. The van der Waals surface area contributed by atoms with Gasteiger partial charge < -0.3 is 15.7 Å². The van der Waals surface area contributed by atoms with E-state index in [4.69, 9.17) is 6.42 Å². The Morgan fingerprint density at radius 2 is 2.12 bits per heavy atom. The van der Waals surface area contributed by atoms with E-state index in [9.17, 15) is 9.90 Å². The van der Waals surface area contributed by atoms with E-state index in [0.717, 1.165) is 18.4 Å². The summed E-state index contributed by atoms with van der Waals surface area (Å²) in [5.41, 5.74) is 2.80. The molecule has 1 aromatic heterocycles. The number of phenols is 1. The van der Waals surface area contributed by atoms with E-state index in [0.29, 0.717) is 28.6 Å². The van der Waals surface area contributed by atoms with Gasteiger partial charge in [-0.05, 0) is 62.6 Å². The van der Waals surface area contributed by atoms with Gasteiger partial charge in [0.25, 0.3) is 0 Å². The van der Waals surface area contributed by atoms with Gasteiger partial charge >= 0.3 is 0 Å². The second kappa shape index (κ2) is 6.91. The van der Waals surface area contributed by atoms with E-state index in [1.165, 1.54) is 6.07 Å². The third-order valence-electron chi connectivity index (χ3n) is 4.34. The Labute approximate surface area is 146 Å². The Hall–Kier alpha value is -2.91. The summed E-state index contributed by atoms with van der Waals surface area (Å²) in [6, 6.07) is 6.57. The number of anilines is 1. The minimum atomic E-state index is -0.328. The number of hydrogen-bond acceptors (Lipinski definition) is 5. The van der Waals surface area contributed by atoms with Gasteiger partial charge in [-0.1, -0.05) is 5.92 Å². The SMILES string of the molecule is C#Cc1ccc(-c2nnc(NC(=O)[C@@H](C)NC)cc2C2CC2)c(O)c1. The van der Waals surface area contributed by atoms with Gasteiger partial charge in [-0.2, -0.15) is 0 Å². The molecule has 0 saturated heterocycles. The molecule has 3 N–H and O–H groups in total. The van der Waals surface area contributed by atoms with Crippen LogP contribution in [0, 0.1) is 12.3 Å². The van der Waals surface area contributed by atoms with Crippen molar-refractivity contribution in [1.82, 2.24) is 15.5 Å². The molecule has 1 saturated carbocycles. The fourth-order valence-corrected chi connectivity index (χ4v) is 2.57. The Kier molecular flexibility index (Phi) is 4.68. The molecule has 1 aliphatic carbocycles. The molecule has 1 aromatic carbocycles. The van der Waals surface area contributed by atoms with Crippen molar-refractivity contribution >= 4 is 11.7 Å². The fourth-order valence-electron chi connectivity index (χ4n) is 2.57. The molecule has 1 amide bonds. The zero-order chi connectivity index (χ0) is 18.0. The largest absolute Gasteiger partial charge is 0.507 e. The Bertz CT molecular complexity index is 853. The lowest BCUT2D eigenvalue weighted by Crippen LogP contribution is -2.35. The van der Waals surface area contributed by atoms with Crippen molar-refractivity contribution in [3.8, 4) is 29.4 Å². The summed E-state index contributed by atoms with van der Waals surface area (Å²) in [7, 11) is 1.72. The van der Waals surface area contributed by atoms with E-state index in [1.54, 1.807) is 26.1 Å². The number of benzene rings is 1. The van der Waals surface area contributed by atoms with Crippen LogP contribution in [0.15, 0.2) is 24.3 Å². The van der Waals surface area contributed by atoms with Crippen molar-refractivity contribution in [3.05, 3.63) is 35.4 Å². The predicted molar refractivity (Wildman–Crippen MR) is 96.2 cm³/mol. The molecule has 0 radical (unpaired) electrons. The van der Waals surface area contributed by atoms with Crippen LogP contribution < -0.4 is 10.6 Å². The van der Waals surface area contributed by atoms with Gasteiger partial charge in [-0.3, -0.25) is 4.79 Å². The van der Waals surface area contributed by atoms with Crippen LogP contribution in [0.5, 0.6) is 5.75 Å². The van der Waals surface area contributed by atoms with E-state index in [2.05, 4.69) is 26.8 Å². The summed E-state index contributed by atoms with van der Waals surface area (Å²) in [5, 5.41) is 24.3. The topological polar surface area (TPSA) is 87.1 Å². The van der Waals surface area contributed by atoms with Crippen LogP contribution in [0.25, 0.3) is 11.3 Å². The molecule has 1 atom stereocenters. The van der Waals surface area contributed by atoms with Crippen LogP contribution in [0.2, 0.25) is 0 Å². The molecular formula is C19H20N4O2. The first-order chi connectivity index (χ1) is 12.0. The predicted octanol–water partition coefficient (Wildman–Crippen LogP) is 2.25. The summed E-state index contributed by atoms with van der Waals surface area (Å²) in [6.45, 7) is 1.77. The molecule has 0 unspecified atom stereocenters. The van der Waals surface area contributed by atoms with Crippen LogP contribution in [0.4, 0.5) is 5.82 Å². The number of phenolic OH excluding ortho intramolecular Hbond substituents is 1. The number of hydrogen-bond donors (Lipinski definition) is 3. The maximum Gasteiger partial charge on any atom is 0.242 e. The van der Waals surface area contributed by atoms with Gasteiger partial charge in [0.2, 0.25) is 5.91 Å². The highest BCUT2D eigenvalue weighted by molar-refractivity contribution is 5.93. The number of likely N-dealkylation sites (N-methyl/N-ethyl adjacent to an activating group) is 1. The van der Waals surface area contributed by atoms with E-state index in [-0.39, 0.29) is 17.7 Å². The number of amides is 1. The van der Waals surface area contributed by atoms with Crippen LogP contribution in [-0.4, -0.2) is 34.3 Å². The quantitative estimate of drug-likeness (QED) is 0.729. The van der Waals surface area contributed by atoms with Crippen molar-refractivity contribution in [1.29, 1.82) is 0 Å². The molecule has 25 heavy (non-hydrogen) atoms. The lowest BCUT2D eigenvalue weighted by atomic mass is 10.0. The number of carbonyl (C=O) groups excluding carboxylic acids is 1. The fraction of sp³-hybridized carbons (Fsp3) is 0.316. The number of aromatic nitrogens is 2. The first-order valence-corrected chi connectivity index (χ1v) is 8.19. The van der Waals surface area contributed by atoms with Crippen molar-refractivity contribution < 1.29 is 9.90 Å². The van der Waals surface area contributed by atoms with Crippen LogP contribution in [0.1, 0.15) is 36.8 Å². The standard InChI is InChI=1S/C19H20N4O2/c1-4-12-5-8-14(16(24)9-12)18-15(13-6-7-13)10-17(22-23-18)21-19(25)11(2)20-3/h1,5,8-11,13,20,24H,6-7H2,2-3H3,(H,21,22,25)/t11-/m1/s1. The first-order valence-electron chi connectivity index (χ1n) is 8.19. The molecular weight excluding hydrogens is 316 g/mol. The maximum absolute atomic E-state index is 12.0. The molecule has 6 heteroatoms. The minimum Gasteiger partial charge on any atom is -0.507 e. The normalized spacial score (nSPS) is 14.6. The molecule has 128 valence electrons. The number of carbonyl (C=O) groups is 1. The van der Waals surface area contributed by atoms with Gasteiger partial charge in [0, 0.05) is 11.1 Å². The third-order valence-corrected chi connectivity index (χ3v) is 4.34. The number of terminal acetylenes is 1. The number of rotatable bonds is 5. The summed E-state index contributed by atoms with van der Waals surface area (Å²) in [4.78, 5) is 12.0. The lowest BCUT2D eigenvalue weighted by Gasteiger charge is -2.13. The van der Waals surface area contributed by atoms with Crippen molar-refractivity contribution in [2.45, 2.75) is 31.7 Å². The Balaban J connectivity index is 1.96. The van der Waals surface area contributed by atoms with Gasteiger partial charge in [-0.15, -0.1) is 16.6 Å². The summed E-state index contributed by atoms with van der Waals surface area (Å²) in [5.74, 6) is 3.18. The molecule has 0 bridgehead atoms. The molecule has 0 aliphatic heterocycles. The van der Waals surface area contributed by atoms with Gasteiger partial charge in [0.1, 0.15) is 11.4 Å². The van der Waals surface area contributed by atoms with E-state index >= 15 is 0 Å². The molecule has 1 heterocycles. The second-order valence-corrected chi connectivity index (χ2v) is 6.18. The molecule has 3 rings (SSSR count). The number of aromatic hydroxyl groups is 1. The highest BCUT2D eigenvalue weighted by Gasteiger charge is 2.29. The van der Waals surface area contributed by atoms with Crippen LogP contribution >= 0.6 is 0 Å². The summed E-state index contributed by atoms with van der Waals surface area (Å²) < 4.78 is 0. The monoisotopic (exact) mass is 336 g/mol. The molecule has 2 aromatic rings. The maximum atomic E-state index is 12.0. The third kappa shape index (κ3) is 3.62. The van der Waals surface area contributed by atoms with Gasteiger partial charge in [-0.25, -0.2) is 0 Å². The Morgan fingerprint density at radius 1 is 1.36 bits per heavy atom. The second-order valence-electron chi connectivity index (χ2n) is 6.18. The average molecular weight is 336 g/mol. The molecule has 0 spiro atoms. The summed E-state index contributed by atoms with van der Waals surface area (Å²) >= 11 is 0. The highest BCUT2D eigenvalue weighted by atomic mass is 16.3. The van der Waals surface area contributed by atoms with Gasteiger partial charge in [0.15, 0.2) is 5.82 Å². The number of nitrogens with one attached hydrogen (secondary N) is 2. The molecule has 6 nitrogen and oxygen atoms in total. The minimum absolute atomic E-state index is 0.0761. The lowest BCUT2D eigenvalue weighted by molar-refractivity contribution is -0.117. The van der Waals surface area contributed by atoms with Gasteiger partial charge in [0.05, 0.1) is 6.04 Å². The molecule has 1 fully saturated rings. The smallest absolute Gasteiger partial charge is 0.242 e. The van der Waals surface area contributed by atoms with Crippen LogP contribution in [-0.2, 0) is 4.79 Å². The zero-order valence-electron chi connectivity index (χ0n) is 14.2. The van der Waals surface area contributed by atoms with E-state index in [1.807, 2.05) is 6.07 Å². The average Bonchev–Trinajstić information content (AvgIpc) is 3.46. The van der Waals surface area contributed by atoms with Crippen molar-refractivity contribution in [3.63, 3.8) is 0 Å². The van der Waals surface area contributed by atoms with Crippen molar-refractivity contribution in [2.75, 3.05) is 12.4 Å². The van der Waals surface area contributed by atoms with E-state index < -0.39 is 0 Å². The number of nitrogens with zero attached hydrogens (tertiary/aromatic N) is 2.